The molecule has 2 aromatic rings. The number of benzene rings is 2. The van der Waals surface area contributed by atoms with E-state index in [1.54, 1.807) is 24.3 Å². The molecule has 0 unspecified atom stereocenters. The van der Waals surface area contributed by atoms with Crippen molar-refractivity contribution in [2.45, 2.75) is 25.5 Å². The Kier molecular flexibility index (Phi) is 5.64. The molecule has 0 saturated carbocycles. The Morgan fingerprint density at radius 3 is 2.73 bits per heavy atom. The lowest BCUT2D eigenvalue weighted by Gasteiger charge is -2.08. The third kappa shape index (κ3) is 4.45. The van der Waals surface area contributed by atoms with Crippen molar-refractivity contribution in [3.05, 3.63) is 58.6 Å². The van der Waals surface area contributed by atoms with Gasteiger partial charge in [0.2, 0.25) is 11.8 Å². The topological polar surface area (TPSA) is 70.6 Å². The van der Waals surface area contributed by atoms with Crippen molar-refractivity contribution < 1.29 is 9.59 Å². The van der Waals surface area contributed by atoms with Crippen LogP contribution in [0.4, 0.5) is 11.4 Å². The molecule has 0 aromatic heterocycles. The van der Waals surface area contributed by atoms with E-state index in [2.05, 4.69) is 15.6 Å². The van der Waals surface area contributed by atoms with Gasteiger partial charge in [-0.25, -0.2) is 4.99 Å². The van der Waals surface area contributed by atoms with Crippen molar-refractivity contribution in [1.82, 2.24) is 5.32 Å². The summed E-state index contributed by atoms with van der Waals surface area (Å²) in [5, 5.41) is 5.92. The molecule has 1 atom stereocenters. The molecular weight excluding hydrogens is 370 g/mol. The van der Waals surface area contributed by atoms with Crippen molar-refractivity contribution in [3.63, 3.8) is 0 Å². The van der Waals surface area contributed by atoms with Crippen LogP contribution in [0.25, 0.3) is 0 Å². The summed E-state index contributed by atoms with van der Waals surface area (Å²) < 4.78 is 0. The molecule has 2 amide bonds. The summed E-state index contributed by atoms with van der Waals surface area (Å²) in [4.78, 5) is 28.8. The van der Waals surface area contributed by atoms with E-state index < -0.39 is 5.25 Å². The first-order chi connectivity index (χ1) is 12.4. The van der Waals surface area contributed by atoms with E-state index in [4.69, 9.17) is 11.6 Å². The highest BCUT2D eigenvalue weighted by molar-refractivity contribution is 8.15. The molecule has 2 N–H and O–H groups in total. The van der Waals surface area contributed by atoms with Crippen LogP contribution in [-0.4, -0.2) is 22.2 Å². The first-order valence-electron chi connectivity index (χ1n) is 8.10. The minimum absolute atomic E-state index is 0.0493. The van der Waals surface area contributed by atoms with E-state index in [1.165, 1.54) is 17.3 Å². The molecule has 0 spiro atoms. The molecule has 5 nitrogen and oxygen atoms in total. The summed E-state index contributed by atoms with van der Waals surface area (Å²) in [5.74, 6) is -0.481. The predicted octanol–water partition coefficient (Wildman–Crippen LogP) is 4.20. The molecule has 1 aliphatic heterocycles. The predicted molar refractivity (Wildman–Crippen MR) is 107 cm³/mol. The number of thioether (sulfide) groups is 1. The number of carbonyl (C=O) groups excluding carboxylic acids is 2. The van der Waals surface area contributed by atoms with Crippen molar-refractivity contribution in [2.75, 3.05) is 5.32 Å². The monoisotopic (exact) mass is 387 g/mol. The highest BCUT2D eigenvalue weighted by Crippen LogP contribution is 2.27. The molecule has 2 aromatic carbocycles. The van der Waals surface area contributed by atoms with Crippen LogP contribution in [0.15, 0.2) is 47.5 Å². The quantitative estimate of drug-likeness (QED) is 0.825. The average molecular weight is 388 g/mol. The molecule has 1 fully saturated rings. The summed E-state index contributed by atoms with van der Waals surface area (Å²) in [6.07, 6.45) is 0.0493. The maximum Gasteiger partial charge on any atom is 0.240 e. The van der Waals surface area contributed by atoms with Crippen LogP contribution < -0.4 is 10.6 Å². The third-order valence-corrected chi connectivity index (χ3v) is 5.43. The lowest BCUT2D eigenvalue weighted by atomic mass is 10.1. The third-order valence-electron chi connectivity index (χ3n) is 4.02. The Morgan fingerprint density at radius 2 is 2.00 bits per heavy atom. The average Bonchev–Trinajstić information content (AvgIpc) is 2.92. The van der Waals surface area contributed by atoms with Gasteiger partial charge >= 0.3 is 0 Å². The fraction of sp³-hybridized carbons (Fsp3) is 0.211. The number of amides is 2. The summed E-state index contributed by atoms with van der Waals surface area (Å²) in [5.41, 5.74) is 3.63. The molecule has 134 valence electrons. The van der Waals surface area contributed by atoms with Gasteiger partial charge in [0.25, 0.3) is 0 Å². The number of hydrogen-bond acceptors (Lipinski definition) is 4. The Morgan fingerprint density at radius 1 is 1.23 bits per heavy atom. The number of para-hydroxylation sites is 1. The van der Waals surface area contributed by atoms with Crippen LogP contribution >= 0.6 is 23.4 Å². The Hall–Kier alpha value is -2.31. The Bertz CT molecular complexity index is 898. The molecule has 1 saturated heterocycles. The van der Waals surface area contributed by atoms with Crippen LogP contribution in [0.2, 0.25) is 5.02 Å². The highest BCUT2D eigenvalue weighted by Gasteiger charge is 2.32. The lowest BCUT2D eigenvalue weighted by Crippen LogP contribution is -2.28. The number of anilines is 1. The second-order valence-electron chi connectivity index (χ2n) is 6.01. The van der Waals surface area contributed by atoms with Gasteiger partial charge in [0.05, 0.1) is 16.4 Å². The zero-order valence-corrected chi connectivity index (χ0v) is 15.9. The molecule has 0 aliphatic carbocycles. The van der Waals surface area contributed by atoms with Gasteiger partial charge in [-0.1, -0.05) is 41.6 Å². The molecule has 7 heteroatoms. The Balaban J connectivity index is 1.64. The van der Waals surface area contributed by atoms with Gasteiger partial charge in [0, 0.05) is 6.42 Å². The van der Waals surface area contributed by atoms with E-state index in [1.807, 2.05) is 32.0 Å². The number of rotatable bonds is 4. The van der Waals surface area contributed by atoms with Crippen LogP contribution in [0.5, 0.6) is 0 Å². The lowest BCUT2D eigenvalue weighted by molar-refractivity contribution is -0.122. The second-order valence-corrected chi connectivity index (χ2v) is 7.61. The van der Waals surface area contributed by atoms with E-state index in [0.29, 0.717) is 15.9 Å². The number of carbonyl (C=O) groups is 2. The molecule has 0 radical (unpaired) electrons. The van der Waals surface area contributed by atoms with Gasteiger partial charge in [-0.15, -0.1) is 0 Å². The van der Waals surface area contributed by atoms with E-state index in [0.717, 1.165) is 11.3 Å². The molecule has 1 heterocycles. The number of nitrogens with zero attached hydrogens (tertiary/aromatic N) is 1. The van der Waals surface area contributed by atoms with E-state index >= 15 is 0 Å². The maximum absolute atomic E-state index is 12.2. The largest absolute Gasteiger partial charge is 0.325 e. The van der Waals surface area contributed by atoms with E-state index in [9.17, 15) is 9.59 Å². The van der Waals surface area contributed by atoms with Gasteiger partial charge in [-0.2, -0.15) is 0 Å². The van der Waals surface area contributed by atoms with Crippen molar-refractivity contribution in [3.8, 4) is 0 Å². The summed E-state index contributed by atoms with van der Waals surface area (Å²) >= 11 is 7.29. The maximum atomic E-state index is 12.2. The minimum Gasteiger partial charge on any atom is -0.325 e. The van der Waals surface area contributed by atoms with Crippen LogP contribution in [0, 0.1) is 13.8 Å². The number of hydrogen-bond donors (Lipinski definition) is 2. The highest BCUT2D eigenvalue weighted by atomic mass is 35.5. The van der Waals surface area contributed by atoms with Crippen molar-refractivity contribution in [1.29, 1.82) is 0 Å². The number of nitrogens with one attached hydrogen (secondary N) is 2. The number of amidine groups is 1. The molecule has 0 bridgehead atoms. The number of aryl methyl sites for hydroxylation is 2. The zero-order chi connectivity index (χ0) is 18.7. The number of halogens is 1. The van der Waals surface area contributed by atoms with Crippen molar-refractivity contribution >= 4 is 51.7 Å². The van der Waals surface area contributed by atoms with Crippen LogP contribution in [-0.2, 0) is 9.59 Å². The van der Waals surface area contributed by atoms with Crippen LogP contribution in [0.3, 0.4) is 0 Å². The first kappa shape index (κ1) is 18.5. The minimum atomic E-state index is -0.511. The molecule has 26 heavy (non-hydrogen) atoms. The smallest absolute Gasteiger partial charge is 0.240 e. The molecular formula is C19H18ClN3O2S. The van der Waals surface area contributed by atoms with Gasteiger partial charge in [-0.05, 0) is 49.2 Å². The van der Waals surface area contributed by atoms with Gasteiger partial charge in [0.1, 0.15) is 5.25 Å². The van der Waals surface area contributed by atoms with Gasteiger partial charge in [-0.3, -0.25) is 9.59 Å². The first-order valence-corrected chi connectivity index (χ1v) is 9.36. The Labute approximate surface area is 161 Å². The van der Waals surface area contributed by atoms with Gasteiger partial charge < -0.3 is 10.6 Å². The van der Waals surface area contributed by atoms with Crippen molar-refractivity contribution in [2.24, 2.45) is 4.99 Å². The van der Waals surface area contributed by atoms with E-state index in [-0.39, 0.29) is 18.2 Å². The molecule has 1 aliphatic rings. The normalized spacial score (nSPS) is 18.0. The summed E-state index contributed by atoms with van der Waals surface area (Å²) in [6, 6.07) is 12.8. The zero-order valence-electron chi connectivity index (χ0n) is 14.4. The molecule has 3 rings (SSSR count). The standard InChI is InChI=1S/C19H18ClN3O2S/c1-11-7-8-13(9-12(11)2)21-19-23-18(25)16(26-19)10-17(24)22-15-6-4-3-5-14(15)20/h3-9,16H,10H2,1-2H3,(H,22,24)(H,21,23,25)/t16-/m0/s1. The summed E-state index contributed by atoms with van der Waals surface area (Å²) in [6.45, 7) is 4.05. The summed E-state index contributed by atoms with van der Waals surface area (Å²) in [7, 11) is 0. The van der Waals surface area contributed by atoms with Gasteiger partial charge in [0.15, 0.2) is 5.17 Å². The second kappa shape index (κ2) is 7.93. The SMILES string of the molecule is Cc1ccc(N=C2NC(=O)[C@H](CC(=O)Nc3ccccc3Cl)S2)cc1C. The number of aliphatic imine (C=N–C) groups is 1. The fourth-order valence-electron chi connectivity index (χ4n) is 2.44. The fourth-order valence-corrected chi connectivity index (χ4v) is 3.61. The van der Waals surface area contributed by atoms with Crippen LogP contribution in [0.1, 0.15) is 17.5 Å².